The van der Waals surface area contributed by atoms with Gasteiger partial charge in [-0.1, -0.05) is 0 Å². The number of nitrogens with zero attached hydrogens (tertiary/aromatic N) is 2. The zero-order chi connectivity index (χ0) is 11.5. The summed E-state index contributed by atoms with van der Waals surface area (Å²) >= 11 is 0. The number of hydrogen-bond acceptors (Lipinski definition) is 3. The quantitative estimate of drug-likeness (QED) is 0.822. The molecular weight excluding hydrogens is 205 g/mol. The van der Waals surface area contributed by atoms with Crippen molar-refractivity contribution in [1.82, 2.24) is 4.90 Å². The highest BCUT2D eigenvalue weighted by atomic mass is 19.1. The highest BCUT2D eigenvalue weighted by Crippen LogP contribution is 2.24. The van der Waals surface area contributed by atoms with E-state index in [0.717, 1.165) is 31.9 Å². The first kappa shape index (κ1) is 11.2. The van der Waals surface area contributed by atoms with Gasteiger partial charge in [0.1, 0.15) is 5.82 Å². The molecule has 0 aliphatic carbocycles. The second-order valence-corrected chi connectivity index (χ2v) is 4.21. The van der Waals surface area contributed by atoms with Crippen molar-refractivity contribution in [3.63, 3.8) is 0 Å². The van der Waals surface area contributed by atoms with Gasteiger partial charge in [0.15, 0.2) is 0 Å². The van der Waals surface area contributed by atoms with Crippen molar-refractivity contribution in [1.29, 1.82) is 0 Å². The third kappa shape index (κ3) is 2.27. The lowest BCUT2D eigenvalue weighted by Crippen LogP contribution is -2.44. The van der Waals surface area contributed by atoms with Crippen LogP contribution in [0.3, 0.4) is 0 Å². The lowest BCUT2D eigenvalue weighted by Gasteiger charge is -2.34. The lowest BCUT2D eigenvalue weighted by atomic mass is 10.2. The Hall–Kier alpha value is -1.29. The van der Waals surface area contributed by atoms with Crippen LogP contribution < -0.4 is 10.2 Å². The number of nitrogens with one attached hydrogen (secondary N) is 1. The van der Waals surface area contributed by atoms with Crippen molar-refractivity contribution < 1.29 is 4.39 Å². The Labute approximate surface area is 95.9 Å². The molecule has 0 spiro atoms. The van der Waals surface area contributed by atoms with Crippen LogP contribution >= 0.6 is 0 Å². The van der Waals surface area contributed by atoms with Crippen molar-refractivity contribution in [2.75, 3.05) is 50.5 Å². The first-order chi connectivity index (χ1) is 7.70. The molecule has 1 aliphatic heterocycles. The van der Waals surface area contributed by atoms with E-state index >= 15 is 0 Å². The van der Waals surface area contributed by atoms with Gasteiger partial charge < -0.3 is 15.1 Å². The summed E-state index contributed by atoms with van der Waals surface area (Å²) in [5, 5.41) is 3.04. The molecule has 2 rings (SSSR count). The third-order valence-corrected chi connectivity index (χ3v) is 3.08. The van der Waals surface area contributed by atoms with Gasteiger partial charge in [-0.3, -0.25) is 0 Å². The Balaban J connectivity index is 2.19. The van der Waals surface area contributed by atoms with E-state index < -0.39 is 0 Å². The highest BCUT2D eigenvalue weighted by molar-refractivity contribution is 5.59. The SMILES string of the molecule is CNc1ccc(F)c(N2CCN(C)CC2)c1. The van der Waals surface area contributed by atoms with Gasteiger partial charge in [-0.2, -0.15) is 0 Å². The Bertz CT molecular complexity index is 359. The van der Waals surface area contributed by atoms with E-state index in [0.29, 0.717) is 5.69 Å². The molecule has 0 unspecified atom stereocenters. The molecule has 1 heterocycles. The van der Waals surface area contributed by atoms with Crippen LogP contribution in [-0.4, -0.2) is 45.2 Å². The summed E-state index contributed by atoms with van der Waals surface area (Å²) in [5.41, 5.74) is 1.66. The van der Waals surface area contributed by atoms with Crippen LogP contribution in [0, 0.1) is 5.82 Å². The number of benzene rings is 1. The summed E-state index contributed by atoms with van der Waals surface area (Å²) in [6.07, 6.45) is 0. The van der Waals surface area contributed by atoms with Crippen molar-refractivity contribution in [2.45, 2.75) is 0 Å². The Kier molecular flexibility index (Phi) is 3.29. The first-order valence-corrected chi connectivity index (χ1v) is 5.61. The number of halogens is 1. The molecule has 0 aromatic heterocycles. The molecule has 0 radical (unpaired) electrons. The molecule has 0 atom stereocenters. The van der Waals surface area contributed by atoms with Crippen LogP contribution in [0.15, 0.2) is 18.2 Å². The number of rotatable bonds is 2. The second kappa shape index (κ2) is 4.70. The number of hydrogen-bond donors (Lipinski definition) is 1. The van der Waals surface area contributed by atoms with Gasteiger partial charge in [-0.05, 0) is 25.2 Å². The van der Waals surface area contributed by atoms with Gasteiger partial charge in [0.2, 0.25) is 0 Å². The van der Waals surface area contributed by atoms with Gasteiger partial charge >= 0.3 is 0 Å². The van der Waals surface area contributed by atoms with Gasteiger partial charge in [0, 0.05) is 38.9 Å². The average Bonchev–Trinajstić information content (AvgIpc) is 2.31. The van der Waals surface area contributed by atoms with E-state index in [4.69, 9.17) is 0 Å². The van der Waals surface area contributed by atoms with E-state index in [2.05, 4.69) is 22.2 Å². The topological polar surface area (TPSA) is 18.5 Å². The molecule has 16 heavy (non-hydrogen) atoms. The lowest BCUT2D eigenvalue weighted by molar-refractivity contribution is 0.311. The van der Waals surface area contributed by atoms with E-state index in [1.165, 1.54) is 6.07 Å². The molecule has 88 valence electrons. The van der Waals surface area contributed by atoms with E-state index in [1.807, 2.05) is 13.1 Å². The molecule has 3 nitrogen and oxygen atoms in total. The van der Waals surface area contributed by atoms with Crippen molar-refractivity contribution in [2.24, 2.45) is 0 Å². The van der Waals surface area contributed by atoms with Crippen LogP contribution in [0.5, 0.6) is 0 Å². The average molecular weight is 223 g/mol. The Morgan fingerprint density at radius 3 is 2.50 bits per heavy atom. The van der Waals surface area contributed by atoms with Crippen molar-refractivity contribution in [3.8, 4) is 0 Å². The predicted octanol–water partition coefficient (Wildman–Crippen LogP) is 1.62. The zero-order valence-electron chi connectivity index (χ0n) is 9.83. The second-order valence-electron chi connectivity index (χ2n) is 4.21. The molecule has 1 fully saturated rings. The maximum atomic E-state index is 13.7. The minimum absolute atomic E-state index is 0.136. The summed E-state index contributed by atoms with van der Waals surface area (Å²) < 4.78 is 13.7. The van der Waals surface area contributed by atoms with Crippen LogP contribution in [0.25, 0.3) is 0 Å². The molecule has 1 aliphatic rings. The fraction of sp³-hybridized carbons (Fsp3) is 0.500. The molecule has 1 N–H and O–H groups in total. The molecular formula is C12H18FN3. The largest absolute Gasteiger partial charge is 0.388 e. The first-order valence-electron chi connectivity index (χ1n) is 5.61. The van der Waals surface area contributed by atoms with Gasteiger partial charge in [-0.15, -0.1) is 0 Å². The van der Waals surface area contributed by atoms with Crippen molar-refractivity contribution in [3.05, 3.63) is 24.0 Å². The van der Waals surface area contributed by atoms with Crippen LogP contribution in [0.1, 0.15) is 0 Å². The van der Waals surface area contributed by atoms with E-state index in [1.54, 1.807) is 6.07 Å². The molecule has 0 bridgehead atoms. The molecule has 0 saturated carbocycles. The third-order valence-electron chi connectivity index (χ3n) is 3.08. The van der Waals surface area contributed by atoms with Gasteiger partial charge in [0.25, 0.3) is 0 Å². The summed E-state index contributed by atoms with van der Waals surface area (Å²) in [7, 11) is 3.94. The normalized spacial score (nSPS) is 17.6. The number of anilines is 2. The summed E-state index contributed by atoms with van der Waals surface area (Å²) in [6, 6.07) is 5.16. The zero-order valence-corrected chi connectivity index (χ0v) is 9.83. The smallest absolute Gasteiger partial charge is 0.146 e. The maximum absolute atomic E-state index is 13.7. The monoisotopic (exact) mass is 223 g/mol. The predicted molar refractivity (Wildman–Crippen MR) is 65.7 cm³/mol. The van der Waals surface area contributed by atoms with Crippen molar-refractivity contribution >= 4 is 11.4 Å². The molecule has 1 aromatic rings. The maximum Gasteiger partial charge on any atom is 0.146 e. The minimum Gasteiger partial charge on any atom is -0.388 e. The highest BCUT2D eigenvalue weighted by Gasteiger charge is 2.17. The van der Waals surface area contributed by atoms with E-state index in [9.17, 15) is 4.39 Å². The fourth-order valence-corrected chi connectivity index (χ4v) is 1.96. The molecule has 1 saturated heterocycles. The summed E-state index contributed by atoms with van der Waals surface area (Å²) in [4.78, 5) is 4.37. The van der Waals surface area contributed by atoms with Gasteiger partial charge in [0.05, 0.1) is 5.69 Å². The Morgan fingerprint density at radius 1 is 1.19 bits per heavy atom. The molecule has 1 aromatic carbocycles. The molecule has 0 amide bonds. The standard InChI is InChI=1S/C12H18FN3/c1-14-10-3-4-11(13)12(9-10)16-7-5-15(2)6-8-16/h3-4,9,14H,5-8H2,1-2H3. The minimum atomic E-state index is -0.136. The van der Waals surface area contributed by atoms with Gasteiger partial charge in [-0.25, -0.2) is 4.39 Å². The van der Waals surface area contributed by atoms with Crippen LogP contribution in [0.2, 0.25) is 0 Å². The summed E-state index contributed by atoms with van der Waals surface area (Å²) in [5.74, 6) is -0.136. The number of piperazine rings is 1. The fourth-order valence-electron chi connectivity index (χ4n) is 1.96. The van der Waals surface area contributed by atoms with E-state index in [-0.39, 0.29) is 5.82 Å². The Morgan fingerprint density at radius 2 is 1.88 bits per heavy atom. The summed E-state index contributed by atoms with van der Waals surface area (Å²) in [6.45, 7) is 3.76. The molecule has 4 heteroatoms. The number of likely N-dealkylation sites (N-methyl/N-ethyl adjacent to an activating group) is 1. The van der Waals surface area contributed by atoms with Crippen LogP contribution in [0.4, 0.5) is 15.8 Å². The van der Waals surface area contributed by atoms with Crippen LogP contribution in [-0.2, 0) is 0 Å².